The number of hydrogen-bond acceptors (Lipinski definition) is 4. The van der Waals surface area contributed by atoms with Crippen LogP contribution in [-0.2, 0) is 15.0 Å². The number of likely N-dealkylation sites (tertiary alicyclic amines) is 1. The maximum atomic E-state index is 13.5. The van der Waals surface area contributed by atoms with Gasteiger partial charge in [0.1, 0.15) is 5.82 Å². The van der Waals surface area contributed by atoms with Gasteiger partial charge in [0.25, 0.3) is 0 Å². The molecule has 0 unspecified atom stereocenters. The predicted octanol–water partition coefficient (Wildman–Crippen LogP) is 5.37. The Morgan fingerprint density at radius 3 is 2.11 bits per heavy atom. The van der Waals surface area contributed by atoms with E-state index in [9.17, 15) is 9.59 Å². The summed E-state index contributed by atoms with van der Waals surface area (Å²) in [6, 6.07) is 25.9. The van der Waals surface area contributed by atoms with Gasteiger partial charge in [0, 0.05) is 24.1 Å². The number of benzene rings is 2. The van der Waals surface area contributed by atoms with Gasteiger partial charge < -0.3 is 15.5 Å². The first-order chi connectivity index (χ1) is 18.4. The minimum atomic E-state index is -0.739. The minimum Gasteiger partial charge on any atom is -0.355 e. The third-order valence-electron chi connectivity index (χ3n) is 7.65. The lowest BCUT2D eigenvalue weighted by molar-refractivity contribution is -0.125. The second-order valence-corrected chi connectivity index (χ2v) is 10.7. The van der Waals surface area contributed by atoms with Crippen LogP contribution in [0.2, 0.25) is 0 Å². The largest absolute Gasteiger partial charge is 0.355 e. The van der Waals surface area contributed by atoms with Crippen molar-refractivity contribution < 1.29 is 9.59 Å². The van der Waals surface area contributed by atoms with Crippen LogP contribution in [0.5, 0.6) is 0 Å². The minimum absolute atomic E-state index is 0.00980. The second kappa shape index (κ2) is 12.8. The number of piperidine rings is 1. The SMILES string of the molecule is CC(C)C(=O)Nc1cccc(C2CCN(CCCNC(=O)C(C)(c3ccccc3)c3ccccc3)CC2)n1. The molecule has 0 bridgehead atoms. The number of aromatic nitrogens is 1. The molecule has 1 saturated heterocycles. The summed E-state index contributed by atoms with van der Waals surface area (Å²) in [6.45, 7) is 9.39. The van der Waals surface area contributed by atoms with E-state index in [0.717, 1.165) is 55.7 Å². The van der Waals surface area contributed by atoms with Crippen LogP contribution < -0.4 is 10.6 Å². The van der Waals surface area contributed by atoms with Crippen molar-refractivity contribution in [3.8, 4) is 0 Å². The van der Waals surface area contributed by atoms with Crippen molar-refractivity contribution in [3.63, 3.8) is 0 Å². The third-order valence-corrected chi connectivity index (χ3v) is 7.65. The van der Waals surface area contributed by atoms with E-state index in [0.29, 0.717) is 18.3 Å². The number of pyridine rings is 1. The molecule has 4 rings (SSSR count). The van der Waals surface area contributed by atoms with Crippen molar-refractivity contribution in [3.05, 3.63) is 95.7 Å². The van der Waals surface area contributed by atoms with E-state index in [1.807, 2.05) is 93.6 Å². The van der Waals surface area contributed by atoms with Gasteiger partial charge in [0.15, 0.2) is 0 Å². The maximum absolute atomic E-state index is 13.5. The number of hydrogen-bond donors (Lipinski definition) is 2. The highest BCUT2D eigenvalue weighted by Crippen LogP contribution is 2.32. The fourth-order valence-electron chi connectivity index (χ4n) is 5.12. The molecule has 200 valence electrons. The number of anilines is 1. The molecule has 1 fully saturated rings. The fraction of sp³-hybridized carbons (Fsp3) is 0.406. The van der Waals surface area contributed by atoms with Crippen molar-refractivity contribution in [1.82, 2.24) is 15.2 Å². The number of carbonyl (C=O) groups is 2. The fourth-order valence-corrected chi connectivity index (χ4v) is 5.12. The molecule has 2 amide bonds. The van der Waals surface area contributed by atoms with E-state index in [2.05, 4.69) is 21.6 Å². The van der Waals surface area contributed by atoms with Crippen LogP contribution in [0, 0.1) is 5.92 Å². The number of carbonyl (C=O) groups excluding carboxylic acids is 2. The average Bonchev–Trinajstić information content (AvgIpc) is 2.96. The van der Waals surface area contributed by atoms with Gasteiger partial charge in [-0.25, -0.2) is 4.98 Å². The van der Waals surface area contributed by atoms with Gasteiger partial charge in [0.05, 0.1) is 5.41 Å². The van der Waals surface area contributed by atoms with E-state index < -0.39 is 5.41 Å². The molecule has 2 heterocycles. The van der Waals surface area contributed by atoms with Gasteiger partial charge in [0.2, 0.25) is 11.8 Å². The summed E-state index contributed by atoms with van der Waals surface area (Å²) in [5, 5.41) is 6.12. The number of nitrogens with zero attached hydrogens (tertiary/aromatic N) is 2. The van der Waals surface area contributed by atoms with Crippen LogP contribution in [-0.4, -0.2) is 47.9 Å². The van der Waals surface area contributed by atoms with Crippen LogP contribution in [0.3, 0.4) is 0 Å². The van der Waals surface area contributed by atoms with Gasteiger partial charge in [-0.1, -0.05) is 80.6 Å². The molecule has 0 radical (unpaired) electrons. The first-order valence-electron chi connectivity index (χ1n) is 13.8. The van der Waals surface area contributed by atoms with E-state index in [4.69, 9.17) is 4.98 Å². The summed E-state index contributed by atoms with van der Waals surface area (Å²) in [6.07, 6.45) is 2.99. The quantitative estimate of drug-likeness (QED) is 0.358. The van der Waals surface area contributed by atoms with Crippen LogP contribution in [0.1, 0.15) is 62.8 Å². The normalized spacial score (nSPS) is 14.8. The molecule has 2 aromatic carbocycles. The molecule has 6 nitrogen and oxygen atoms in total. The van der Waals surface area contributed by atoms with E-state index in [1.165, 1.54) is 0 Å². The summed E-state index contributed by atoms with van der Waals surface area (Å²) < 4.78 is 0. The molecular formula is C32H40N4O2. The average molecular weight is 513 g/mol. The summed E-state index contributed by atoms with van der Waals surface area (Å²) in [5.41, 5.74) is 2.30. The van der Waals surface area contributed by atoms with Gasteiger partial charge in [-0.3, -0.25) is 9.59 Å². The smallest absolute Gasteiger partial charge is 0.234 e. The Balaban J connectivity index is 1.26. The van der Waals surface area contributed by atoms with Gasteiger partial charge in [-0.15, -0.1) is 0 Å². The molecule has 0 aliphatic carbocycles. The number of nitrogens with one attached hydrogen (secondary N) is 2. The highest BCUT2D eigenvalue weighted by atomic mass is 16.2. The second-order valence-electron chi connectivity index (χ2n) is 10.7. The van der Waals surface area contributed by atoms with Crippen molar-refractivity contribution in [2.75, 3.05) is 31.5 Å². The summed E-state index contributed by atoms with van der Waals surface area (Å²) >= 11 is 0. The van der Waals surface area contributed by atoms with Crippen molar-refractivity contribution >= 4 is 17.6 Å². The van der Waals surface area contributed by atoms with E-state index >= 15 is 0 Å². The lowest BCUT2D eigenvalue weighted by Gasteiger charge is -2.32. The summed E-state index contributed by atoms with van der Waals surface area (Å²) in [4.78, 5) is 32.7. The summed E-state index contributed by atoms with van der Waals surface area (Å²) in [7, 11) is 0. The summed E-state index contributed by atoms with van der Waals surface area (Å²) in [5.74, 6) is 0.990. The lowest BCUT2D eigenvalue weighted by atomic mass is 9.75. The molecule has 0 saturated carbocycles. The highest BCUT2D eigenvalue weighted by Gasteiger charge is 2.36. The van der Waals surface area contributed by atoms with Crippen LogP contribution in [0.25, 0.3) is 0 Å². The molecule has 1 aliphatic heterocycles. The zero-order chi connectivity index (χ0) is 27.0. The van der Waals surface area contributed by atoms with Crippen LogP contribution >= 0.6 is 0 Å². The standard InChI is InChI=1S/C32H40N4O2/c1-24(2)30(37)35-29-17-10-16-28(34-29)25-18-22-36(23-19-25)21-11-20-33-31(38)32(3,26-12-6-4-7-13-26)27-14-8-5-9-15-27/h4-10,12-17,24-25H,11,18-23H2,1-3H3,(H,33,38)(H,34,35,37). The van der Waals surface area contributed by atoms with Gasteiger partial charge in [-0.2, -0.15) is 0 Å². The molecule has 0 spiro atoms. The van der Waals surface area contributed by atoms with Crippen LogP contribution in [0.15, 0.2) is 78.9 Å². The Hall–Kier alpha value is -3.51. The zero-order valence-corrected chi connectivity index (χ0v) is 22.8. The van der Waals surface area contributed by atoms with E-state index in [-0.39, 0.29) is 17.7 Å². The molecule has 0 atom stereocenters. The molecule has 3 aromatic rings. The Morgan fingerprint density at radius 2 is 1.53 bits per heavy atom. The molecule has 2 N–H and O–H groups in total. The van der Waals surface area contributed by atoms with Gasteiger partial charge >= 0.3 is 0 Å². The molecule has 38 heavy (non-hydrogen) atoms. The number of rotatable bonds is 10. The Morgan fingerprint density at radius 1 is 0.921 bits per heavy atom. The van der Waals surface area contributed by atoms with Crippen LogP contribution in [0.4, 0.5) is 5.82 Å². The van der Waals surface area contributed by atoms with Crippen molar-refractivity contribution in [2.45, 2.75) is 51.4 Å². The Labute approximate surface area is 226 Å². The first kappa shape index (κ1) is 27.5. The maximum Gasteiger partial charge on any atom is 0.234 e. The Kier molecular flexibility index (Phi) is 9.29. The molecular weight excluding hydrogens is 472 g/mol. The van der Waals surface area contributed by atoms with Crippen molar-refractivity contribution in [1.29, 1.82) is 0 Å². The number of amides is 2. The zero-order valence-electron chi connectivity index (χ0n) is 22.8. The lowest BCUT2D eigenvalue weighted by Crippen LogP contribution is -2.44. The molecule has 6 heteroatoms. The Bertz CT molecular complexity index is 1150. The van der Waals surface area contributed by atoms with Crippen molar-refractivity contribution in [2.24, 2.45) is 5.92 Å². The highest BCUT2D eigenvalue weighted by molar-refractivity contribution is 5.92. The third kappa shape index (κ3) is 6.67. The predicted molar refractivity (Wildman–Crippen MR) is 153 cm³/mol. The monoisotopic (exact) mass is 512 g/mol. The van der Waals surface area contributed by atoms with E-state index in [1.54, 1.807) is 0 Å². The topological polar surface area (TPSA) is 74.3 Å². The molecule has 1 aromatic heterocycles. The molecule has 1 aliphatic rings. The first-order valence-corrected chi connectivity index (χ1v) is 13.8. The van der Waals surface area contributed by atoms with Gasteiger partial charge in [-0.05, 0) is 69.1 Å².